The van der Waals surface area contributed by atoms with Gasteiger partial charge in [0.2, 0.25) is 0 Å². The number of rotatable bonds is 6. The smallest absolute Gasteiger partial charge is 0.257 e. The van der Waals surface area contributed by atoms with E-state index in [0.29, 0.717) is 35.1 Å². The molecular formula is C32H30N4O2S2. The fourth-order valence-corrected chi connectivity index (χ4v) is 6.81. The highest BCUT2D eigenvalue weighted by atomic mass is 32.2. The molecule has 2 aromatic heterocycles. The molecular weight excluding hydrogens is 537 g/mol. The monoisotopic (exact) mass is 566 g/mol. The van der Waals surface area contributed by atoms with Crippen LogP contribution in [0.25, 0.3) is 10.9 Å². The molecule has 2 aliphatic heterocycles. The molecule has 0 aliphatic carbocycles. The van der Waals surface area contributed by atoms with Crippen molar-refractivity contribution in [2.24, 2.45) is 5.41 Å². The van der Waals surface area contributed by atoms with E-state index >= 15 is 0 Å². The first-order valence-electron chi connectivity index (χ1n) is 13.2. The van der Waals surface area contributed by atoms with Crippen LogP contribution in [0.2, 0.25) is 0 Å². The third kappa shape index (κ3) is 4.62. The first-order chi connectivity index (χ1) is 19.4. The molecule has 8 heteroatoms. The van der Waals surface area contributed by atoms with E-state index in [1.54, 1.807) is 36.2 Å². The SMILES string of the molecule is C#CCn1cc(C2CCN(C(=O)c3cccnc3SC)C2C(=O)C2(C#CC)C=CC(=S)NC2C)c2ccccc21. The predicted molar refractivity (Wildman–Crippen MR) is 164 cm³/mol. The Morgan fingerprint density at radius 2 is 2.08 bits per heavy atom. The second kappa shape index (κ2) is 11.3. The molecule has 5 rings (SSSR count). The number of hydrogen-bond acceptors (Lipinski definition) is 5. The zero-order valence-electron chi connectivity index (χ0n) is 22.7. The van der Waals surface area contributed by atoms with Crippen molar-refractivity contribution >= 4 is 51.6 Å². The van der Waals surface area contributed by atoms with E-state index in [1.807, 2.05) is 48.2 Å². The molecule has 1 fully saturated rings. The summed E-state index contributed by atoms with van der Waals surface area (Å²) in [6, 6.07) is 10.5. The van der Waals surface area contributed by atoms with Gasteiger partial charge in [-0.1, -0.05) is 48.3 Å². The molecule has 0 radical (unpaired) electrons. The number of hydrogen-bond donors (Lipinski definition) is 1. The number of Topliss-reactive ketones (excluding diaryl/α,β-unsaturated/α-hetero) is 1. The standard InChI is InChI=1S/C32H30N4O2S2/c1-5-15-32(16-13-27(39)34-21(32)3)29(37)28-23(25-20-35(18-6-2)26-12-8-7-10-22(25)26)14-19-36(28)31(38)24-11-9-17-33-30(24)40-4/h2,7-13,16-17,20-21,23,28H,14,18-19H2,1,3-4H3,(H,34,39). The molecule has 4 atom stereocenters. The van der Waals surface area contributed by atoms with Crippen LogP contribution in [-0.2, 0) is 11.3 Å². The van der Waals surface area contributed by atoms with Gasteiger partial charge in [0.1, 0.15) is 10.4 Å². The Morgan fingerprint density at radius 1 is 1.27 bits per heavy atom. The largest absolute Gasteiger partial charge is 0.372 e. The van der Waals surface area contributed by atoms with Gasteiger partial charge in [-0.25, -0.2) is 4.98 Å². The fraction of sp³-hybridized carbons (Fsp3) is 0.312. The Hall–Kier alpha value is -3.85. The number of amides is 1. The highest BCUT2D eigenvalue weighted by Crippen LogP contribution is 2.43. The van der Waals surface area contributed by atoms with Gasteiger partial charge in [0, 0.05) is 35.8 Å². The van der Waals surface area contributed by atoms with Crippen LogP contribution in [0.1, 0.15) is 42.1 Å². The lowest BCUT2D eigenvalue weighted by atomic mass is 9.70. The molecule has 6 nitrogen and oxygen atoms in total. The van der Waals surface area contributed by atoms with Crippen molar-refractivity contribution in [3.63, 3.8) is 0 Å². The Balaban J connectivity index is 1.69. The third-order valence-corrected chi connectivity index (χ3v) is 8.85. The lowest BCUT2D eigenvalue weighted by Crippen LogP contribution is -2.57. The molecule has 4 heterocycles. The van der Waals surface area contributed by atoms with Crippen LogP contribution in [0.5, 0.6) is 0 Å². The van der Waals surface area contributed by atoms with Crippen molar-refractivity contribution < 1.29 is 9.59 Å². The van der Waals surface area contributed by atoms with E-state index in [9.17, 15) is 9.59 Å². The number of pyridine rings is 1. The summed E-state index contributed by atoms with van der Waals surface area (Å²) >= 11 is 6.79. The Morgan fingerprint density at radius 3 is 2.80 bits per heavy atom. The second-order valence-corrected chi connectivity index (χ2v) is 11.2. The Labute approximate surface area is 244 Å². The van der Waals surface area contributed by atoms with Crippen molar-refractivity contribution in [3.05, 3.63) is 72.1 Å². The second-order valence-electron chi connectivity index (χ2n) is 10.0. The van der Waals surface area contributed by atoms with Crippen molar-refractivity contribution in [3.8, 4) is 24.2 Å². The zero-order valence-corrected chi connectivity index (χ0v) is 24.3. The van der Waals surface area contributed by atoms with Crippen LogP contribution < -0.4 is 5.32 Å². The minimum atomic E-state index is -1.16. The van der Waals surface area contributed by atoms with Crippen molar-refractivity contribution in [1.82, 2.24) is 19.8 Å². The lowest BCUT2D eigenvalue weighted by Gasteiger charge is -2.39. The maximum Gasteiger partial charge on any atom is 0.257 e. The van der Waals surface area contributed by atoms with Crippen molar-refractivity contribution in [2.75, 3.05) is 12.8 Å². The number of ketones is 1. The maximum absolute atomic E-state index is 14.9. The number of terminal acetylenes is 1. The Bertz CT molecular complexity index is 1640. The van der Waals surface area contributed by atoms with Gasteiger partial charge in [0.25, 0.3) is 5.91 Å². The average Bonchev–Trinajstić information content (AvgIpc) is 3.56. The summed E-state index contributed by atoms with van der Waals surface area (Å²) in [7, 11) is 0. The molecule has 1 saturated heterocycles. The summed E-state index contributed by atoms with van der Waals surface area (Å²) in [6.45, 7) is 4.48. The minimum Gasteiger partial charge on any atom is -0.372 e. The molecule has 2 aliphatic rings. The average molecular weight is 567 g/mol. The molecule has 1 amide bonds. The predicted octanol–water partition coefficient (Wildman–Crippen LogP) is 4.84. The van der Waals surface area contributed by atoms with Crippen LogP contribution in [0.15, 0.2) is 66.0 Å². The number of carbonyl (C=O) groups excluding carboxylic acids is 2. The fourth-order valence-electron chi connectivity index (χ4n) is 6.03. The number of fused-ring (bicyclic) bond motifs is 1. The van der Waals surface area contributed by atoms with E-state index < -0.39 is 11.5 Å². The van der Waals surface area contributed by atoms with Crippen LogP contribution in [0.4, 0.5) is 0 Å². The molecule has 1 aromatic carbocycles. The van der Waals surface area contributed by atoms with E-state index in [1.165, 1.54) is 11.8 Å². The van der Waals surface area contributed by atoms with Gasteiger partial charge in [-0.2, -0.15) is 0 Å². The number of thioether (sulfide) groups is 1. The molecule has 3 aromatic rings. The molecule has 0 spiro atoms. The number of nitrogens with zero attached hydrogens (tertiary/aromatic N) is 3. The number of para-hydroxylation sites is 1. The van der Waals surface area contributed by atoms with Crippen LogP contribution in [0.3, 0.4) is 0 Å². The summed E-state index contributed by atoms with van der Waals surface area (Å²) in [4.78, 5) is 35.7. The van der Waals surface area contributed by atoms with Crippen molar-refractivity contribution in [1.29, 1.82) is 0 Å². The minimum absolute atomic E-state index is 0.125. The van der Waals surface area contributed by atoms with Gasteiger partial charge in [0.15, 0.2) is 5.78 Å². The summed E-state index contributed by atoms with van der Waals surface area (Å²) in [6.07, 6.45) is 15.5. The summed E-state index contributed by atoms with van der Waals surface area (Å²) < 4.78 is 2.04. The normalized spacial score (nSPS) is 23.8. The first-order valence-corrected chi connectivity index (χ1v) is 14.8. The van der Waals surface area contributed by atoms with Gasteiger partial charge in [-0.05, 0) is 56.4 Å². The highest BCUT2D eigenvalue weighted by molar-refractivity contribution is 7.98. The van der Waals surface area contributed by atoms with Crippen LogP contribution in [-0.4, -0.2) is 56.0 Å². The number of nitrogens with one attached hydrogen (secondary N) is 1. The quantitative estimate of drug-likeness (QED) is 0.262. The number of aromatic nitrogens is 2. The number of benzene rings is 1. The summed E-state index contributed by atoms with van der Waals surface area (Å²) in [5.74, 6) is 8.34. The molecule has 1 N–H and O–H groups in total. The summed E-state index contributed by atoms with van der Waals surface area (Å²) in [5.41, 5.74) is 1.35. The maximum atomic E-state index is 14.9. The van der Waals surface area contributed by atoms with Crippen molar-refractivity contribution in [2.45, 2.75) is 49.8 Å². The lowest BCUT2D eigenvalue weighted by molar-refractivity contribution is -0.129. The van der Waals surface area contributed by atoms with E-state index in [4.69, 9.17) is 18.6 Å². The van der Waals surface area contributed by atoms with Gasteiger partial charge in [-0.3, -0.25) is 9.59 Å². The Kier molecular flexibility index (Phi) is 7.85. The zero-order chi connectivity index (χ0) is 28.4. The van der Waals surface area contributed by atoms with Gasteiger partial charge in [0.05, 0.1) is 29.2 Å². The van der Waals surface area contributed by atoms with E-state index in [-0.39, 0.29) is 23.7 Å². The molecule has 0 bridgehead atoms. The van der Waals surface area contributed by atoms with Crippen LogP contribution in [0, 0.1) is 29.6 Å². The van der Waals surface area contributed by atoms with Gasteiger partial charge >= 0.3 is 0 Å². The molecule has 202 valence electrons. The third-order valence-electron chi connectivity index (χ3n) is 7.88. The molecule has 4 unspecified atom stereocenters. The highest BCUT2D eigenvalue weighted by Gasteiger charge is 2.53. The first kappa shape index (κ1) is 27.7. The van der Waals surface area contributed by atoms with Crippen LogP contribution >= 0.6 is 24.0 Å². The van der Waals surface area contributed by atoms with Gasteiger partial charge in [-0.15, -0.1) is 24.1 Å². The van der Waals surface area contributed by atoms with Gasteiger partial charge < -0.3 is 14.8 Å². The number of carbonyl (C=O) groups is 2. The molecule has 40 heavy (non-hydrogen) atoms. The summed E-state index contributed by atoms with van der Waals surface area (Å²) in [5, 5.41) is 4.90. The topological polar surface area (TPSA) is 67.2 Å². The molecule has 0 saturated carbocycles. The van der Waals surface area contributed by atoms with E-state index in [2.05, 4.69) is 34.1 Å². The van der Waals surface area contributed by atoms with E-state index in [0.717, 1.165) is 16.5 Å². The number of likely N-dealkylation sites (tertiary alicyclic amines) is 1. The number of thiocarbonyl (C=S) groups is 1.